The number of ether oxygens (including phenoxy) is 2. The molecule has 1 atom stereocenters. The van der Waals surface area contributed by atoms with Crippen molar-refractivity contribution in [2.24, 2.45) is 0 Å². The number of carbonyl (C=O) groups excluding carboxylic acids is 2. The van der Waals surface area contributed by atoms with Gasteiger partial charge in [-0.15, -0.1) is 6.58 Å². The minimum atomic E-state index is -1.02. The predicted molar refractivity (Wildman–Crippen MR) is 102 cm³/mol. The summed E-state index contributed by atoms with van der Waals surface area (Å²) in [4.78, 5) is 24.4. The number of hydrazine groups is 1. The summed E-state index contributed by atoms with van der Waals surface area (Å²) in [5, 5.41) is 1.10. The molecule has 0 fully saturated rings. The van der Waals surface area contributed by atoms with Gasteiger partial charge in [0.25, 0.3) is 0 Å². The molecule has 1 rings (SSSR count). The summed E-state index contributed by atoms with van der Waals surface area (Å²) >= 11 is 0. The largest absolute Gasteiger partial charge is 0.449 e. The van der Waals surface area contributed by atoms with Crippen molar-refractivity contribution in [3.63, 3.8) is 0 Å². The minimum absolute atomic E-state index is 0.00706. The molecule has 0 aromatic heterocycles. The van der Waals surface area contributed by atoms with Gasteiger partial charge in [0.1, 0.15) is 5.54 Å². The number of nitrogens with zero attached hydrogens (tertiary/aromatic N) is 1. The smallest absolute Gasteiger partial charge is 0.429 e. The van der Waals surface area contributed by atoms with Crippen LogP contribution < -0.4 is 5.43 Å². The lowest BCUT2D eigenvalue weighted by Crippen LogP contribution is -2.56. The predicted octanol–water partition coefficient (Wildman–Crippen LogP) is 4.50. The van der Waals surface area contributed by atoms with Crippen molar-refractivity contribution >= 4 is 12.2 Å². The zero-order valence-electron chi connectivity index (χ0n) is 16.6. The maximum absolute atomic E-state index is 12.5. The lowest BCUT2D eigenvalue weighted by molar-refractivity contribution is 0.0376. The summed E-state index contributed by atoms with van der Waals surface area (Å²) in [5.41, 5.74) is 3.40. The van der Waals surface area contributed by atoms with E-state index in [0.29, 0.717) is 0 Å². The Morgan fingerprint density at radius 1 is 1.04 bits per heavy atom. The molecule has 0 spiro atoms. The number of carbonyl (C=O) groups is 2. The van der Waals surface area contributed by atoms with Crippen LogP contribution in [0.4, 0.5) is 9.59 Å². The van der Waals surface area contributed by atoms with E-state index >= 15 is 0 Å². The molecule has 0 saturated heterocycles. The summed E-state index contributed by atoms with van der Waals surface area (Å²) in [6.45, 7) is 15.8. The normalized spacial score (nSPS) is 13.3. The molecule has 144 valence electrons. The van der Waals surface area contributed by atoms with Gasteiger partial charge in [0.15, 0.2) is 0 Å². The number of nitrogens with one attached hydrogen (secondary N) is 1. The molecule has 6 heteroatoms. The van der Waals surface area contributed by atoms with Gasteiger partial charge in [0, 0.05) is 0 Å². The van der Waals surface area contributed by atoms with Gasteiger partial charge >= 0.3 is 12.2 Å². The van der Waals surface area contributed by atoms with Crippen molar-refractivity contribution in [1.82, 2.24) is 10.4 Å². The average Bonchev–Trinajstić information content (AvgIpc) is 2.59. The number of hydrogen-bond donors (Lipinski definition) is 1. The topological polar surface area (TPSA) is 67.9 Å². The fourth-order valence-electron chi connectivity index (χ4n) is 2.44. The average molecular weight is 362 g/mol. The second-order valence-corrected chi connectivity index (χ2v) is 7.05. The van der Waals surface area contributed by atoms with Crippen LogP contribution >= 0.6 is 0 Å². The van der Waals surface area contributed by atoms with E-state index in [0.717, 1.165) is 16.1 Å². The highest BCUT2D eigenvalue weighted by Gasteiger charge is 2.37. The summed E-state index contributed by atoms with van der Waals surface area (Å²) in [7, 11) is 0. The van der Waals surface area contributed by atoms with Crippen molar-refractivity contribution in [3.8, 4) is 0 Å². The van der Waals surface area contributed by atoms with E-state index in [1.54, 1.807) is 26.8 Å². The van der Waals surface area contributed by atoms with Crippen LogP contribution in [0.5, 0.6) is 0 Å². The molecule has 0 bridgehead atoms. The van der Waals surface area contributed by atoms with E-state index in [2.05, 4.69) is 32.8 Å². The molecular formula is C20H30N2O4. The molecule has 1 aromatic rings. The third kappa shape index (κ3) is 5.00. The summed E-state index contributed by atoms with van der Waals surface area (Å²) in [6.07, 6.45) is 0.158. The monoisotopic (exact) mass is 362 g/mol. The van der Waals surface area contributed by atoms with Crippen LogP contribution in [0.3, 0.4) is 0 Å². The van der Waals surface area contributed by atoms with Gasteiger partial charge in [-0.05, 0) is 37.3 Å². The van der Waals surface area contributed by atoms with Gasteiger partial charge in [-0.2, -0.15) is 0 Å². The molecule has 0 heterocycles. The first-order chi connectivity index (χ1) is 12.1. The highest BCUT2D eigenvalue weighted by atomic mass is 16.6. The highest BCUT2D eigenvalue weighted by Crippen LogP contribution is 2.31. The Bertz CT molecular complexity index is 634. The molecule has 1 aromatic carbocycles. The number of hydrogen-bond acceptors (Lipinski definition) is 4. The maximum atomic E-state index is 12.5. The summed E-state index contributed by atoms with van der Waals surface area (Å²) < 4.78 is 10.0. The van der Waals surface area contributed by atoms with Crippen LogP contribution in [0.25, 0.3) is 0 Å². The Hall–Kier alpha value is -2.50. The van der Waals surface area contributed by atoms with Crippen molar-refractivity contribution in [2.45, 2.75) is 52.5 Å². The molecule has 0 saturated carbocycles. The first-order valence-corrected chi connectivity index (χ1v) is 8.75. The Labute approximate surface area is 156 Å². The standard InChI is InChI=1S/C20H30N2O4/c1-8-20(7,16-13-11-15(12-14-16)19(4,5)6)22(18(24)26-10-3)21-17(23)25-9-2/h8,11-14H,1,9-10H2,2-7H3,(H,21,23). The highest BCUT2D eigenvalue weighted by molar-refractivity contribution is 5.75. The Kier molecular flexibility index (Phi) is 7.24. The summed E-state index contributed by atoms with van der Waals surface area (Å²) in [5.74, 6) is 0. The quantitative estimate of drug-likeness (QED) is 0.618. The molecule has 0 aliphatic rings. The fraction of sp³-hybridized carbons (Fsp3) is 0.500. The van der Waals surface area contributed by atoms with Crippen molar-refractivity contribution in [2.75, 3.05) is 13.2 Å². The van der Waals surface area contributed by atoms with E-state index < -0.39 is 17.7 Å². The number of benzene rings is 1. The van der Waals surface area contributed by atoms with Crippen molar-refractivity contribution in [3.05, 3.63) is 48.0 Å². The zero-order valence-corrected chi connectivity index (χ0v) is 16.6. The van der Waals surface area contributed by atoms with Gasteiger partial charge < -0.3 is 9.47 Å². The molecule has 6 nitrogen and oxygen atoms in total. The van der Waals surface area contributed by atoms with Crippen molar-refractivity contribution in [1.29, 1.82) is 0 Å². The molecule has 0 radical (unpaired) electrons. The van der Waals surface area contributed by atoms with E-state index in [1.807, 2.05) is 24.3 Å². The minimum Gasteiger partial charge on any atom is -0.449 e. The Morgan fingerprint density at radius 3 is 1.96 bits per heavy atom. The third-order valence-corrected chi connectivity index (χ3v) is 4.13. The van der Waals surface area contributed by atoms with Crippen LogP contribution in [-0.2, 0) is 20.4 Å². The number of amides is 2. The van der Waals surface area contributed by atoms with Crippen molar-refractivity contribution < 1.29 is 19.1 Å². The fourth-order valence-corrected chi connectivity index (χ4v) is 2.44. The zero-order chi connectivity index (χ0) is 20.0. The van der Waals surface area contributed by atoms with Crippen LogP contribution in [0, 0.1) is 0 Å². The second-order valence-electron chi connectivity index (χ2n) is 7.05. The van der Waals surface area contributed by atoms with Crippen LogP contribution in [0.15, 0.2) is 36.9 Å². The van der Waals surface area contributed by atoms with Crippen LogP contribution in [0.2, 0.25) is 0 Å². The lowest BCUT2D eigenvalue weighted by atomic mass is 9.84. The van der Waals surface area contributed by atoms with E-state index in [4.69, 9.17) is 9.47 Å². The molecule has 0 aliphatic carbocycles. The van der Waals surface area contributed by atoms with Gasteiger partial charge in [0.2, 0.25) is 0 Å². The second kappa shape index (κ2) is 8.74. The molecule has 1 N–H and O–H groups in total. The van der Waals surface area contributed by atoms with Gasteiger partial charge in [-0.1, -0.05) is 51.1 Å². The van der Waals surface area contributed by atoms with Crippen LogP contribution in [-0.4, -0.2) is 30.4 Å². The van der Waals surface area contributed by atoms with E-state index in [9.17, 15) is 9.59 Å². The lowest BCUT2D eigenvalue weighted by Gasteiger charge is -2.38. The Morgan fingerprint density at radius 2 is 1.54 bits per heavy atom. The molecule has 1 unspecified atom stereocenters. The first kappa shape index (κ1) is 21.5. The molecule has 26 heavy (non-hydrogen) atoms. The molecular weight excluding hydrogens is 332 g/mol. The van der Waals surface area contributed by atoms with Gasteiger partial charge in [-0.25, -0.2) is 20.0 Å². The Balaban J connectivity index is 3.29. The van der Waals surface area contributed by atoms with Gasteiger partial charge in [-0.3, -0.25) is 0 Å². The van der Waals surface area contributed by atoms with Crippen LogP contribution in [0.1, 0.15) is 52.7 Å². The molecule has 0 aliphatic heterocycles. The van der Waals surface area contributed by atoms with E-state index in [1.165, 1.54) is 0 Å². The first-order valence-electron chi connectivity index (χ1n) is 8.75. The number of rotatable bonds is 5. The van der Waals surface area contributed by atoms with Gasteiger partial charge in [0.05, 0.1) is 13.2 Å². The maximum Gasteiger partial charge on any atom is 0.429 e. The third-order valence-electron chi connectivity index (χ3n) is 4.13. The van der Waals surface area contributed by atoms with E-state index in [-0.39, 0.29) is 18.6 Å². The SMILES string of the molecule is C=CC(C)(c1ccc(C(C)(C)C)cc1)N(NC(=O)OCC)C(=O)OCC. The summed E-state index contributed by atoms with van der Waals surface area (Å²) in [6, 6.07) is 7.85. The molecule has 2 amide bonds.